The summed E-state index contributed by atoms with van der Waals surface area (Å²) < 4.78 is 62.9. The van der Waals surface area contributed by atoms with Crippen LogP contribution in [0.3, 0.4) is 0 Å². The highest BCUT2D eigenvalue weighted by Crippen LogP contribution is 2.39. The fourth-order valence-corrected chi connectivity index (χ4v) is 5.28. The second-order valence-corrected chi connectivity index (χ2v) is 10.8. The Kier molecular flexibility index (Phi) is 13.4. The predicted molar refractivity (Wildman–Crippen MR) is 151 cm³/mol. The molecule has 3 nitrogen and oxygen atoms in total. The normalized spacial score (nSPS) is 13.1. The molecule has 0 radical (unpaired) electrons. The summed E-state index contributed by atoms with van der Waals surface area (Å²) in [4.78, 5) is 11.4. The molecule has 1 unspecified atom stereocenters. The highest BCUT2D eigenvalue weighted by molar-refractivity contribution is 5.91. The van der Waals surface area contributed by atoms with Crippen molar-refractivity contribution >= 4 is 22.3 Å². The van der Waals surface area contributed by atoms with Crippen LogP contribution in [0.25, 0.3) is 16.3 Å². The first-order valence-electron chi connectivity index (χ1n) is 14.5. The first-order chi connectivity index (χ1) is 18.9. The van der Waals surface area contributed by atoms with Crippen LogP contribution in [0, 0.1) is 5.92 Å². The highest BCUT2D eigenvalue weighted by atomic mass is 19.4. The van der Waals surface area contributed by atoms with E-state index in [9.17, 15) is 37.0 Å². The van der Waals surface area contributed by atoms with Gasteiger partial charge in [0, 0.05) is 6.42 Å². The Morgan fingerprint density at radius 1 is 0.875 bits per heavy atom. The van der Waals surface area contributed by atoms with E-state index in [4.69, 9.17) is 0 Å². The molecule has 0 aromatic heterocycles. The van der Waals surface area contributed by atoms with Gasteiger partial charge in [0.15, 0.2) is 0 Å². The summed E-state index contributed by atoms with van der Waals surface area (Å²) in [6.45, 7) is 6.43. The monoisotopic (exact) mass is 570 g/mol. The third-order valence-electron chi connectivity index (χ3n) is 7.58. The summed E-state index contributed by atoms with van der Waals surface area (Å²) in [6, 6.07) is 9.65. The lowest BCUT2D eigenvalue weighted by atomic mass is 9.89. The van der Waals surface area contributed by atoms with Crippen molar-refractivity contribution in [3.05, 3.63) is 48.0 Å². The van der Waals surface area contributed by atoms with Crippen molar-refractivity contribution in [1.82, 2.24) is 0 Å². The number of carboxylic acids is 1. The zero-order valence-electron chi connectivity index (χ0n) is 23.5. The van der Waals surface area contributed by atoms with E-state index in [-0.39, 0.29) is 12.2 Å². The standard InChI is InChI=1S/C32H43F5O3/c1-3-13-23(2)27-19-17-25-22-26(38)18-20-28(25)29(27)16-11-9-7-5-4-6-8-10-14-24(30(39)40)15-12-21-31(33,34)32(35,36)37/h17-20,22,24,38H,2-16,21H2,1H3,(H,39,40). The number of fused-ring (bicyclic) bond motifs is 1. The van der Waals surface area contributed by atoms with E-state index < -0.39 is 36.8 Å². The number of hydrogen-bond donors (Lipinski definition) is 2. The van der Waals surface area contributed by atoms with Gasteiger partial charge in [-0.15, -0.1) is 0 Å². The van der Waals surface area contributed by atoms with E-state index in [0.29, 0.717) is 12.8 Å². The van der Waals surface area contributed by atoms with E-state index >= 15 is 0 Å². The van der Waals surface area contributed by atoms with Crippen molar-refractivity contribution in [2.24, 2.45) is 5.92 Å². The Morgan fingerprint density at radius 3 is 2.08 bits per heavy atom. The van der Waals surface area contributed by atoms with Gasteiger partial charge in [-0.3, -0.25) is 4.79 Å². The highest BCUT2D eigenvalue weighted by Gasteiger charge is 2.56. The minimum atomic E-state index is -5.60. The number of aromatic hydroxyl groups is 1. The van der Waals surface area contributed by atoms with Crippen molar-refractivity contribution in [2.45, 2.75) is 115 Å². The number of hydrogen-bond acceptors (Lipinski definition) is 2. The maximum Gasteiger partial charge on any atom is 0.453 e. The molecule has 0 saturated heterocycles. The van der Waals surface area contributed by atoms with E-state index in [1.54, 1.807) is 12.1 Å². The number of carbonyl (C=O) groups is 1. The van der Waals surface area contributed by atoms with Gasteiger partial charge in [0.1, 0.15) is 5.75 Å². The predicted octanol–water partition coefficient (Wildman–Crippen LogP) is 10.5. The van der Waals surface area contributed by atoms with Gasteiger partial charge in [-0.25, -0.2) is 0 Å². The van der Waals surface area contributed by atoms with Crippen molar-refractivity contribution < 1.29 is 37.0 Å². The van der Waals surface area contributed by atoms with E-state index in [1.807, 2.05) is 12.1 Å². The quantitative estimate of drug-likeness (QED) is 0.130. The zero-order chi connectivity index (χ0) is 29.8. The molecule has 2 N–H and O–H groups in total. The number of phenolic OH excluding ortho intramolecular Hbond substituents is 1. The van der Waals surface area contributed by atoms with Gasteiger partial charge in [0.2, 0.25) is 0 Å². The molecule has 0 spiro atoms. The lowest BCUT2D eigenvalue weighted by Crippen LogP contribution is -2.36. The molecule has 0 fully saturated rings. The molecule has 0 aliphatic carbocycles. The van der Waals surface area contributed by atoms with Crippen molar-refractivity contribution in [1.29, 1.82) is 0 Å². The third-order valence-corrected chi connectivity index (χ3v) is 7.58. The molecular formula is C32H43F5O3. The maximum absolute atomic E-state index is 13.0. The molecule has 8 heteroatoms. The largest absolute Gasteiger partial charge is 0.508 e. The Bertz CT molecular complexity index is 1090. The Balaban J connectivity index is 1.69. The minimum Gasteiger partial charge on any atom is -0.508 e. The lowest BCUT2D eigenvalue weighted by Gasteiger charge is -2.20. The van der Waals surface area contributed by atoms with Crippen LogP contribution >= 0.6 is 0 Å². The van der Waals surface area contributed by atoms with Crippen molar-refractivity contribution in [2.75, 3.05) is 0 Å². The summed E-state index contributed by atoms with van der Waals surface area (Å²) >= 11 is 0. The van der Waals surface area contributed by atoms with E-state index in [1.165, 1.54) is 11.1 Å². The number of carboxylic acid groups (broad SMARTS) is 1. The number of allylic oxidation sites excluding steroid dienone is 1. The smallest absolute Gasteiger partial charge is 0.453 e. The van der Waals surface area contributed by atoms with Gasteiger partial charge >= 0.3 is 18.1 Å². The number of aryl methyl sites for hydroxylation is 1. The molecule has 0 amide bonds. The molecule has 2 rings (SSSR count). The molecule has 1 atom stereocenters. The first-order valence-corrected chi connectivity index (χ1v) is 14.5. The average molecular weight is 571 g/mol. The third kappa shape index (κ3) is 10.4. The van der Waals surface area contributed by atoms with Gasteiger partial charge in [0.05, 0.1) is 5.92 Å². The summed E-state index contributed by atoms with van der Waals surface area (Å²) in [5, 5.41) is 21.3. The van der Waals surface area contributed by atoms with Crippen LogP contribution in [0.2, 0.25) is 0 Å². The van der Waals surface area contributed by atoms with Crippen LogP contribution in [0.5, 0.6) is 5.75 Å². The molecule has 0 aliphatic rings. The molecular weight excluding hydrogens is 527 g/mol. The maximum atomic E-state index is 13.0. The van der Waals surface area contributed by atoms with Gasteiger partial charge in [-0.1, -0.05) is 83.1 Å². The topological polar surface area (TPSA) is 57.5 Å². The fraction of sp³-hybridized carbons (Fsp3) is 0.594. The second-order valence-electron chi connectivity index (χ2n) is 10.8. The lowest BCUT2D eigenvalue weighted by molar-refractivity contribution is -0.284. The van der Waals surface area contributed by atoms with Gasteiger partial charge in [-0.05, 0) is 78.1 Å². The first kappa shape index (κ1) is 33.6. The SMILES string of the molecule is C=C(CCC)c1ccc2cc(O)ccc2c1CCCCCCCCCCC(CCCC(F)(F)C(F)(F)F)C(=O)O. The average Bonchev–Trinajstić information content (AvgIpc) is 2.87. The second kappa shape index (κ2) is 16.0. The minimum absolute atomic E-state index is 0.174. The van der Waals surface area contributed by atoms with Gasteiger partial charge in [0.25, 0.3) is 0 Å². The molecule has 224 valence electrons. The number of benzene rings is 2. The van der Waals surface area contributed by atoms with E-state index in [2.05, 4.69) is 19.6 Å². The molecule has 0 bridgehead atoms. The molecule has 0 saturated carbocycles. The number of alkyl halides is 5. The van der Waals surface area contributed by atoms with Crippen LogP contribution in [0.4, 0.5) is 22.0 Å². The molecule has 2 aromatic rings. The molecule has 0 heterocycles. The fourth-order valence-electron chi connectivity index (χ4n) is 5.28. The van der Waals surface area contributed by atoms with E-state index in [0.717, 1.165) is 80.6 Å². The summed E-state index contributed by atoms with van der Waals surface area (Å²) in [6.07, 6.45) is 3.24. The van der Waals surface area contributed by atoms with Crippen LogP contribution in [-0.2, 0) is 11.2 Å². The van der Waals surface area contributed by atoms with Gasteiger partial charge < -0.3 is 10.2 Å². The summed E-state index contributed by atoms with van der Waals surface area (Å²) in [5.74, 6) is -6.55. The van der Waals surface area contributed by atoms with Crippen LogP contribution in [0.1, 0.15) is 108 Å². The van der Waals surface area contributed by atoms with Crippen LogP contribution in [0.15, 0.2) is 36.9 Å². The van der Waals surface area contributed by atoms with Crippen molar-refractivity contribution in [3.63, 3.8) is 0 Å². The number of aliphatic carboxylic acids is 1. The summed E-state index contributed by atoms with van der Waals surface area (Å²) in [7, 11) is 0. The number of halogens is 5. The zero-order valence-corrected chi connectivity index (χ0v) is 23.5. The molecule has 40 heavy (non-hydrogen) atoms. The molecule has 0 aliphatic heterocycles. The van der Waals surface area contributed by atoms with Gasteiger partial charge in [-0.2, -0.15) is 22.0 Å². The number of unbranched alkanes of at least 4 members (excludes halogenated alkanes) is 7. The Labute approximate surface area is 234 Å². The van der Waals surface area contributed by atoms with Crippen LogP contribution in [-0.4, -0.2) is 28.3 Å². The van der Waals surface area contributed by atoms with Crippen LogP contribution < -0.4 is 0 Å². The number of phenols is 1. The number of rotatable bonds is 19. The molecule has 2 aromatic carbocycles. The Morgan fingerprint density at radius 2 is 1.48 bits per heavy atom. The van der Waals surface area contributed by atoms with Crippen molar-refractivity contribution in [3.8, 4) is 5.75 Å². The Hall–Kier alpha value is -2.64. The summed E-state index contributed by atoms with van der Waals surface area (Å²) in [5.41, 5.74) is 3.62.